The summed E-state index contributed by atoms with van der Waals surface area (Å²) in [6, 6.07) is 21.5. The molecule has 1 aromatic heterocycles. The Morgan fingerprint density at radius 3 is 2.62 bits per heavy atom. The monoisotopic (exact) mass is 469 g/mol. The average molecular weight is 470 g/mol. The van der Waals surface area contributed by atoms with Crippen LogP contribution in [-0.2, 0) is 6.42 Å². The van der Waals surface area contributed by atoms with Crippen molar-refractivity contribution in [3.8, 4) is 0 Å². The number of hydrogen-bond acceptors (Lipinski definition) is 4. The number of aromatic nitrogens is 3. The molecule has 5 rings (SSSR count). The lowest BCUT2D eigenvalue weighted by molar-refractivity contribution is 0.102. The first kappa shape index (κ1) is 22.9. The van der Waals surface area contributed by atoms with Crippen LogP contribution in [0.2, 0.25) is 0 Å². The molecule has 34 heavy (non-hydrogen) atoms. The van der Waals surface area contributed by atoms with Crippen LogP contribution < -0.4 is 0 Å². The number of ketones is 1. The number of hydrogen-bond donors (Lipinski definition) is 0. The van der Waals surface area contributed by atoms with Gasteiger partial charge in [-0.15, -0.1) is 10.2 Å². The molecule has 0 unspecified atom stereocenters. The summed E-state index contributed by atoms with van der Waals surface area (Å²) >= 11 is 1.53. The number of Topliss-reactive ketones (excluding diaryl/α,β-unsaturated/α-hetero) is 1. The lowest BCUT2D eigenvalue weighted by atomic mass is 9.95. The van der Waals surface area contributed by atoms with E-state index in [1.165, 1.54) is 47.4 Å². The summed E-state index contributed by atoms with van der Waals surface area (Å²) in [6.07, 6.45) is 6.82. The highest BCUT2D eigenvalue weighted by atomic mass is 32.2. The van der Waals surface area contributed by atoms with E-state index in [1.807, 2.05) is 26.0 Å². The Morgan fingerprint density at radius 2 is 1.76 bits per heavy atom. The molecule has 0 amide bonds. The summed E-state index contributed by atoms with van der Waals surface area (Å²) in [5.74, 6) is 1.54. The molecule has 0 spiro atoms. The van der Waals surface area contributed by atoms with E-state index in [9.17, 15) is 4.79 Å². The van der Waals surface area contributed by atoms with Gasteiger partial charge in [0.1, 0.15) is 5.82 Å². The van der Waals surface area contributed by atoms with Gasteiger partial charge in [-0.25, -0.2) is 0 Å². The Balaban J connectivity index is 1.43. The molecule has 4 nitrogen and oxygen atoms in total. The Morgan fingerprint density at radius 1 is 0.971 bits per heavy atom. The highest BCUT2D eigenvalue weighted by molar-refractivity contribution is 7.99. The number of benzene rings is 3. The number of thioether (sulfide) groups is 1. The van der Waals surface area contributed by atoms with Gasteiger partial charge in [-0.1, -0.05) is 91.2 Å². The van der Waals surface area contributed by atoms with E-state index >= 15 is 0 Å². The molecular formula is C29H31N3OS. The fourth-order valence-electron chi connectivity index (χ4n) is 5.09. The highest BCUT2D eigenvalue weighted by Crippen LogP contribution is 2.34. The van der Waals surface area contributed by atoms with Crippen LogP contribution in [0, 0.1) is 13.8 Å². The van der Waals surface area contributed by atoms with Crippen molar-refractivity contribution in [1.29, 1.82) is 0 Å². The van der Waals surface area contributed by atoms with Crippen molar-refractivity contribution in [2.45, 2.75) is 63.6 Å². The highest BCUT2D eigenvalue weighted by Gasteiger charge is 2.24. The first-order valence-electron chi connectivity index (χ1n) is 12.2. The lowest BCUT2D eigenvalue weighted by Gasteiger charge is -2.25. The van der Waals surface area contributed by atoms with Crippen LogP contribution >= 0.6 is 11.8 Å². The summed E-state index contributed by atoms with van der Waals surface area (Å²) in [5.41, 5.74) is 4.22. The predicted molar refractivity (Wildman–Crippen MR) is 140 cm³/mol. The standard InChI is InChI=1S/C29H31N3OS/c1-20-15-16-21(2)26(17-20)27(33)19-34-29-31-30-28(32(29)24-12-4-3-5-13-24)18-23-11-8-10-22-9-6-7-14-25(22)23/h6-11,14-17,24H,3-5,12-13,18-19H2,1-2H3. The van der Waals surface area contributed by atoms with Crippen LogP contribution in [0.3, 0.4) is 0 Å². The van der Waals surface area contributed by atoms with E-state index in [0.717, 1.165) is 46.9 Å². The van der Waals surface area contributed by atoms with Crippen molar-refractivity contribution in [3.63, 3.8) is 0 Å². The minimum atomic E-state index is 0.153. The number of aryl methyl sites for hydroxylation is 2. The fourth-order valence-corrected chi connectivity index (χ4v) is 6.00. The molecular weight excluding hydrogens is 438 g/mol. The summed E-state index contributed by atoms with van der Waals surface area (Å²) in [7, 11) is 0. The van der Waals surface area contributed by atoms with Gasteiger partial charge in [0, 0.05) is 18.0 Å². The molecule has 0 aliphatic heterocycles. The molecule has 174 valence electrons. The molecule has 0 atom stereocenters. The Bertz CT molecular complexity index is 1310. The predicted octanol–water partition coefficient (Wildman–Crippen LogP) is 7.12. The van der Waals surface area contributed by atoms with Crippen molar-refractivity contribution in [1.82, 2.24) is 14.8 Å². The number of rotatable bonds is 7. The van der Waals surface area contributed by atoms with Crippen molar-refractivity contribution < 1.29 is 4.79 Å². The zero-order valence-electron chi connectivity index (χ0n) is 20.0. The number of carbonyl (C=O) groups excluding carboxylic acids is 1. The van der Waals surface area contributed by atoms with Crippen LogP contribution in [-0.4, -0.2) is 26.3 Å². The quantitative estimate of drug-likeness (QED) is 0.214. The van der Waals surface area contributed by atoms with Gasteiger partial charge in [0.15, 0.2) is 10.9 Å². The van der Waals surface area contributed by atoms with Crippen LogP contribution in [0.4, 0.5) is 0 Å². The summed E-state index contributed by atoms with van der Waals surface area (Å²) < 4.78 is 2.35. The second-order valence-electron chi connectivity index (χ2n) is 9.41. The van der Waals surface area contributed by atoms with E-state index < -0.39 is 0 Å². The Hall–Kier alpha value is -2.92. The average Bonchev–Trinajstić information content (AvgIpc) is 3.27. The second-order valence-corrected chi connectivity index (χ2v) is 10.3. The molecule has 1 aliphatic rings. The molecule has 0 saturated heterocycles. The third-order valence-electron chi connectivity index (χ3n) is 6.93. The number of nitrogens with zero attached hydrogens (tertiary/aromatic N) is 3. The van der Waals surface area contributed by atoms with Crippen molar-refractivity contribution >= 4 is 28.3 Å². The van der Waals surface area contributed by atoms with E-state index in [-0.39, 0.29) is 5.78 Å². The molecule has 5 heteroatoms. The third-order valence-corrected chi connectivity index (χ3v) is 7.87. The molecule has 3 aromatic carbocycles. The van der Waals surface area contributed by atoms with Crippen molar-refractivity contribution in [3.05, 3.63) is 88.7 Å². The maximum atomic E-state index is 13.0. The normalized spacial score (nSPS) is 14.5. The fraction of sp³-hybridized carbons (Fsp3) is 0.345. The number of fused-ring (bicyclic) bond motifs is 1. The summed E-state index contributed by atoms with van der Waals surface area (Å²) in [4.78, 5) is 13.0. The molecule has 1 fully saturated rings. The SMILES string of the molecule is Cc1ccc(C)c(C(=O)CSc2nnc(Cc3cccc4ccccc34)n2C2CCCCC2)c1. The second kappa shape index (κ2) is 10.1. The molecule has 0 bridgehead atoms. The first-order chi connectivity index (χ1) is 16.6. The van der Waals surface area contributed by atoms with Gasteiger partial charge in [-0.05, 0) is 54.7 Å². The minimum Gasteiger partial charge on any atom is -0.303 e. The molecule has 0 N–H and O–H groups in total. The van der Waals surface area contributed by atoms with Gasteiger partial charge in [-0.3, -0.25) is 4.79 Å². The van der Waals surface area contributed by atoms with Gasteiger partial charge in [0.05, 0.1) is 5.75 Å². The Kier molecular flexibility index (Phi) is 6.82. The van der Waals surface area contributed by atoms with Crippen LogP contribution in [0.25, 0.3) is 10.8 Å². The topological polar surface area (TPSA) is 47.8 Å². The molecule has 1 heterocycles. The van der Waals surface area contributed by atoms with Gasteiger partial charge < -0.3 is 4.57 Å². The van der Waals surface area contributed by atoms with Gasteiger partial charge in [-0.2, -0.15) is 0 Å². The summed E-state index contributed by atoms with van der Waals surface area (Å²) in [5, 5.41) is 12.6. The van der Waals surface area contributed by atoms with Crippen molar-refractivity contribution in [2.24, 2.45) is 0 Å². The van der Waals surface area contributed by atoms with E-state index in [4.69, 9.17) is 0 Å². The Labute approximate surface area is 205 Å². The van der Waals surface area contributed by atoms with Gasteiger partial charge in [0.2, 0.25) is 0 Å². The number of carbonyl (C=O) groups is 1. The minimum absolute atomic E-state index is 0.153. The van der Waals surface area contributed by atoms with Crippen LogP contribution in [0.5, 0.6) is 0 Å². The smallest absolute Gasteiger partial charge is 0.191 e. The van der Waals surface area contributed by atoms with Crippen molar-refractivity contribution in [2.75, 3.05) is 5.75 Å². The zero-order chi connectivity index (χ0) is 23.5. The molecule has 1 saturated carbocycles. The maximum Gasteiger partial charge on any atom is 0.191 e. The van der Waals surface area contributed by atoms with Gasteiger partial charge in [0.25, 0.3) is 0 Å². The van der Waals surface area contributed by atoms with E-state index in [0.29, 0.717) is 11.8 Å². The maximum absolute atomic E-state index is 13.0. The van der Waals surface area contributed by atoms with E-state index in [2.05, 4.69) is 63.3 Å². The lowest BCUT2D eigenvalue weighted by Crippen LogP contribution is -2.17. The molecule has 0 radical (unpaired) electrons. The third kappa shape index (κ3) is 4.80. The zero-order valence-corrected chi connectivity index (χ0v) is 20.8. The first-order valence-corrected chi connectivity index (χ1v) is 13.2. The van der Waals surface area contributed by atoms with Gasteiger partial charge >= 0.3 is 0 Å². The van der Waals surface area contributed by atoms with E-state index in [1.54, 1.807) is 0 Å². The largest absolute Gasteiger partial charge is 0.303 e. The molecule has 4 aromatic rings. The van der Waals surface area contributed by atoms with Crippen LogP contribution in [0.1, 0.15) is 71.0 Å². The van der Waals surface area contributed by atoms with Crippen LogP contribution in [0.15, 0.2) is 65.8 Å². The molecule has 1 aliphatic carbocycles. The summed E-state index contributed by atoms with van der Waals surface area (Å²) in [6.45, 7) is 4.03.